The van der Waals surface area contributed by atoms with Gasteiger partial charge in [0.15, 0.2) is 0 Å². The van der Waals surface area contributed by atoms with Gasteiger partial charge in [-0.3, -0.25) is 4.79 Å². The van der Waals surface area contributed by atoms with Crippen LogP contribution >= 0.6 is 0 Å². The molecule has 3 heterocycles. The molecule has 2 aliphatic heterocycles. The molecule has 0 spiro atoms. The van der Waals surface area contributed by atoms with Gasteiger partial charge in [-0.15, -0.1) is 0 Å². The number of carbonyl (C=O) groups excluding carboxylic acids is 1. The molecule has 6 heteroatoms. The lowest BCUT2D eigenvalue weighted by molar-refractivity contribution is -0.0524. The zero-order valence-corrected chi connectivity index (χ0v) is 16.4. The van der Waals surface area contributed by atoms with Crippen molar-refractivity contribution in [2.45, 2.75) is 25.4 Å². The van der Waals surface area contributed by atoms with Gasteiger partial charge >= 0.3 is 0 Å². The van der Waals surface area contributed by atoms with Crippen LogP contribution in [0.3, 0.4) is 0 Å². The molecule has 1 N–H and O–H groups in total. The average molecular weight is 384 g/mol. The minimum atomic E-state index is -1.04. The summed E-state index contributed by atoms with van der Waals surface area (Å²) in [4.78, 5) is 17.2. The van der Waals surface area contributed by atoms with Crippen LogP contribution in [0.2, 0.25) is 0 Å². The van der Waals surface area contributed by atoms with Crippen LogP contribution in [0.15, 0.2) is 40.8 Å². The zero-order valence-electron chi connectivity index (χ0n) is 16.4. The molecule has 2 saturated heterocycles. The summed E-state index contributed by atoms with van der Waals surface area (Å²) in [6, 6.07) is 11.3. The molecular formula is C22H28N2O4. The van der Waals surface area contributed by atoms with E-state index in [1.807, 2.05) is 43.3 Å². The number of nitrogens with zero attached hydrogens (tertiary/aromatic N) is 2. The van der Waals surface area contributed by atoms with Crippen molar-refractivity contribution in [2.75, 3.05) is 45.9 Å². The molecule has 1 aromatic heterocycles. The Morgan fingerprint density at radius 3 is 2.75 bits per heavy atom. The van der Waals surface area contributed by atoms with Crippen molar-refractivity contribution in [1.82, 2.24) is 9.80 Å². The van der Waals surface area contributed by atoms with Crippen LogP contribution < -0.4 is 0 Å². The highest BCUT2D eigenvalue weighted by atomic mass is 16.5. The standard InChI is InChI=1S/C22H28N2O4/c1-17-7-8-20(28-17)18-5-4-6-19(13-18)21(25)24-11-12-27-16-22(26,15-24)14-23-9-2-3-10-23/h4-8,13,26H,2-3,9-12,14-16H2,1H3. The topological polar surface area (TPSA) is 66.2 Å². The summed E-state index contributed by atoms with van der Waals surface area (Å²) in [5.74, 6) is 1.50. The molecule has 1 unspecified atom stereocenters. The van der Waals surface area contributed by atoms with Crippen molar-refractivity contribution in [3.05, 3.63) is 47.7 Å². The van der Waals surface area contributed by atoms with Crippen LogP contribution in [0.4, 0.5) is 0 Å². The minimum Gasteiger partial charge on any atom is -0.461 e. The van der Waals surface area contributed by atoms with Crippen molar-refractivity contribution in [3.63, 3.8) is 0 Å². The molecule has 6 nitrogen and oxygen atoms in total. The van der Waals surface area contributed by atoms with E-state index in [-0.39, 0.29) is 19.1 Å². The second kappa shape index (κ2) is 8.07. The molecule has 0 aliphatic carbocycles. The van der Waals surface area contributed by atoms with E-state index >= 15 is 0 Å². The molecule has 4 rings (SSSR count). The highest BCUT2D eigenvalue weighted by Crippen LogP contribution is 2.24. The summed E-state index contributed by atoms with van der Waals surface area (Å²) in [5, 5.41) is 11.1. The summed E-state index contributed by atoms with van der Waals surface area (Å²) < 4.78 is 11.3. The van der Waals surface area contributed by atoms with Crippen molar-refractivity contribution in [1.29, 1.82) is 0 Å². The number of furan rings is 1. The number of rotatable bonds is 4. The van der Waals surface area contributed by atoms with E-state index in [9.17, 15) is 9.90 Å². The number of hydrogen-bond donors (Lipinski definition) is 1. The third-order valence-electron chi connectivity index (χ3n) is 5.50. The fourth-order valence-corrected chi connectivity index (χ4v) is 4.12. The number of benzene rings is 1. The Morgan fingerprint density at radius 1 is 1.18 bits per heavy atom. The Morgan fingerprint density at radius 2 is 2.00 bits per heavy atom. The van der Waals surface area contributed by atoms with Crippen LogP contribution in [-0.2, 0) is 4.74 Å². The first-order chi connectivity index (χ1) is 13.5. The van der Waals surface area contributed by atoms with Gasteiger partial charge in [0.25, 0.3) is 5.91 Å². The average Bonchev–Trinajstić information content (AvgIpc) is 3.31. The van der Waals surface area contributed by atoms with Gasteiger partial charge in [-0.25, -0.2) is 0 Å². The van der Waals surface area contributed by atoms with Gasteiger partial charge in [0.05, 0.1) is 19.8 Å². The van der Waals surface area contributed by atoms with Crippen LogP contribution in [0, 0.1) is 6.92 Å². The van der Waals surface area contributed by atoms with Crippen LogP contribution in [-0.4, -0.2) is 72.4 Å². The number of β-amino-alcohol motifs (C(OH)–C–C–N with tert-alkyl or cyclic N) is 1. The van der Waals surface area contributed by atoms with E-state index in [0.29, 0.717) is 25.3 Å². The largest absolute Gasteiger partial charge is 0.461 e. The summed E-state index contributed by atoms with van der Waals surface area (Å²) in [5.41, 5.74) is 0.431. The summed E-state index contributed by atoms with van der Waals surface area (Å²) in [7, 11) is 0. The number of ether oxygens (including phenoxy) is 1. The van der Waals surface area contributed by atoms with E-state index in [4.69, 9.17) is 9.15 Å². The molecule has 150 valence electrons. The normalized spacial score (nSPS) is 23.7. The predicted molar refractivity (Wildman–Crippen MR) is 106 cm³/mol. The summed E-state index contributed by atoms with van der Waals surface area (Å²) in [6.45, 7) is 5.91. The maximum atomic E-state index is 13.2. The van der Waals surface area contributed by atoms with E-state index in [2.05, 4.69) is 4.90 Å². The maximum Gasteiger partial charge on any atom is 0.254 e. The fraction of sp³-hybridized carbons (Fsp3) is 0.500. The third kappa shape index (κ3) is 4.29. The highest BCUT2D eigenvalue weighted by molar-refractivity contribution is 5.95. The number of aliphatic hydroxyl groups is 1. The number of carbonyl (C=O) groups is 1. The summed E-state index contributed by atoms with van der Waals surface area (Å²) >= 11 is 0. The Kier molecular flexibility index (Phi) is 5.53. The number of amides is 1. The molecule has 0 bridgehead atoms. The SMILES string of the molecule is Cc1ccc(-c2cccc(C(=O)N3CCOCC(O)(CN4CCCC4)C3)c2)o1. The van der Waals surface area contributed by atoms with Crippen molar-refractivity contribution < 1.29 is 19.1 Å². The predicted octanol–water partition coefficient (Wildman–Crippen LogP) is 2.55. The van der Waals surface area contributed by atoms with Gasteiger partial charge in [0.2, 0.25) is 0 Å². The minimum absolute atomic E-state index is 0.0875. The van der Waals surface area contributed by atoms with Crippen LogP contribution in [0.5, 0.6) is 0 Å². The smallest absolute Gasteiger partial charge is 0.254 e. The quantitative estimate of drug-likeness (QED) is 0.878. The molecule has 1 atom stereocenters. The maximum absolute atomic E-state index is 13.2. The molecule has 1 amide bonds. The molecule has 0 saturated carbocycles. The lowest BCUT2D eigenvalue weighted by Gasteiger charge is -2.34. The van der Waals surface area contributed by atoms with Gasteiger partial charge < -0.3 is 24.1 Å². The number of aryl methyl sites for hydroxylation is 1. The van der Waals surface area contributed by atoms with Gasteiger partial charge in [-0.1, -0.05) is 12.1 Å². The lowest BCUT2D eigenvalue weighted by Crippen LogP contribution is -2.53. The molecular weight excluding hydrogens is 356 g/mol. The third-order valence-corrected chi connectivity index (χ3v) is 5.50. The first-order valence-corrected chi connectivity index (χ1v) is 10.0. The second-order valence-corrected chi connectivity index (χ2v) is 7.98. The Labute approximate surface area is 165 Å². The Hall–Kier alpha value is -2.15. The Bertz CT molecular complexity index is 827. The molecule has 0 radical (unpaired) electrons. The number of likely N-dealkylation sites (tertiary alicyclic amines) is 1. The first kappa shape index (κ1) is 19.2. The number of hydrogen-bond acceptors (Lipinski definition) is 5. The van der Waals surface area contributed by atoms with Crippen LogP contribution in [0.1, 0.15) is 29.0 Å². The molecule has 1 aromatic carbocycles. The second-order valence-electron chi connectivity index (χ2n) is 7.98. The van der Waals surface area contributed by atoms with E-state index in [1.165, 1.54) is 12.8 Å². The van der Waals surface area contributed by atoms with E-state index < -0.39 is 5.60 Å². The lowest BCUT2D eigenvalue weighted by atomic mass is 10.0. The molecule has 2 fully saturated rings. The summed E-state index contributed by atoms with van der Waals surface area (Å²) in [6.07, 6.45) is 2.33. The Balaban J connectivity index is 1.51. The van der Waals surface area contributed by atoms with Gasteiger partial charge in [0, 0.05) is 24.2 Å². The van der Waals surface area contributed by atoms with Crippen molar-refractivity contribution in [3.8, 4) is 11.3 Å². The van der Waals surface area contributed by atoms with Crippen molar-refractivity contribution in [2.24, 2.45) is 0 Å². The zero-order chi connectivity index (χ0) is 19.6. The van der Waals surface area contributed by atoms with Crippen molar-refractivity contribution >= 4 is 5.91 Å². The highest BCUT2D eigenvalue weighted by Gasteiger charge is 2.36. The van der Waals surface area contributed by atoms with Gasteiger partial charge in [0.1, 0.15) is 17.1 Å². The van der Waals surface area contributed by atoms with Crippen LogP contribution in [0.25, 0.3) is 11.3 Å². The van der Waals surface area contributed by atoms with E-state index in [1.54, 1.807) is 4.90 Å². The van der Waals surface area contributed by atoms with Gasteiger partial charge in [-0.05, 0) is 57.1 Å². The first-order valence-electron chi connectivity index (χ1n) is 10.0. The van der Waals surface area contributed by atoms with E-state index in [0.717, 1.165) is 30.2 Å². The monoisotopic (exact) mass is 384 g/mol. The van der Waals surface area contributed by atoms with Gasteiger partial charge in [-0.2, -0.15) is 0 Å². The molecule has 28 heavy (non-hydrogen) atoms. The molecule has 2 aromatic rings. The fourth-order valence-electron chi connectivity index (χ4n) is 4.12. The molecule has 2 aliphatic rings.